The fourth-order valence-corrected chi connectivity index (χ4v) is 2.51. The van der Waals surface area contributed by atoms with E-state index >= 15 is 0 Å². The van der Waals surface area contributed by atoms with Gasteiger partial charge in [-0.15, -0.1) is 0 Å². The number of rotatable bonds is 5. The van der Waals surface area contributed by atoms with Crippen LogP contribution in [-0.2, 0) is 11.8 Å². The van der Waals surface area contributed by atoms with Crippen LogP contribution in [0.2, 0.25) is 0 Å². The molecule has 5 heteroatoms. The molecule has 3 rings (SSSR count). The number of methoxy groups -OCH3 is 1. The maximum atomic E-state index is 12.0. The summed E-state index contributed by atoms with van der Waals surface area (Å²) in [5.74, 6) is 0.977. The van der Waals surface area contributed by atoms with Gasteiger partial charge in [-0.3, -0.25) is 4.79 Å². The van der Waals surface area contributed by atoms with Crippen LogP contribution >= 0.6 is 0 Å². The van der Waals surface area contributed by atoms with Crippen LogP contribution in [0.15, 0.2) is 54.6 Å². The van der Waals surface area contributed by atoms with E-state index in [1.165, 1.54) is 25.3 Å². The highest BCUT2D eigenvalue weighted by Gasteiger charge is 2.04. The molecule has 0 aliphatic carbocycles. The van der Waals surface area contributed by atoms with Gasteiger partial charge in [-0.2, -0.15) is 0 Å². The quantitative estimate of drug-likeness (QED) is 0.724. The number of aromatic nitrogens is 2. The Hall–Kier alpha value is -3.34. The van der Waals surface area contributed by atoms with Crippen LogP contribution in [0.1, 0.15) is 11.4 Å². The summed E-state index contributed by atoms with van der Waals surface area (Å²) >= 11 is 0. The number of phenolic OH excluding ortho intramolecular Hbond substituents is 1. The van der Waals surface area contributed by atoms with Crippen LogP contribution < -0.4 is 4.74 Å². The van der Waals surface area contributed by atoms with E-state index in [0.29, 0.717) is 17.1 Å². The van der Waals surface area contributed by atoms with Crippen molar-refractivity contribution < 1.29 is 14.6 Å². The molecule has 0 saturated carbocycles. The fraction of sp³-hybridized carbons (Fsp3) is 0.100. The topological polar surface area (TPSA) is 64.3 Å². The van der Waals surface area contributed by atoms with Crippen molar-refractivity contribution >= 4 is 29.0 Å². The number of fused-ring (bicyclic) bond motifs is 1. The van der Waals surface area contributed by atoms with E-state index in [1.807, 2.05) is 35.9 Å². The lowest BCUT2D eigenvalue weighted by molar-refractivity contribution is -0.110. The number of hydrogen-bond acceptors (Lipinski definition) is 4. The highest BCUT2D eigenvalue weighted by Crippen LogP contribution is 2.26. The molecule has 5 nitrogen and oxygen atoms in total. The van der Waals surface area contributed by atoms with Gasteiger partial charge in [-0.25, -0.2) is 4.98 Å². The third-order valence-electron chi connectivity index (χ3n) is 3.86. The standard InChI is InChI=1S/C20H18N2O3/c1-22-17-6-4-3-5-16(17)21-20(22)12-10-15(23)9-7-14-8-11-19(25-2)18(24)13-14/h3-13,24H,1-2H3/b9-7+,12-10+. The molecular formula is C20H18N2O3. The van der Waals surface area contributed by atoms with Gasteiger partial charge in [0.2, 0.25) is 0 Å². The molecule has 0 amide bonds. The highest BCUT2D eigenvalue weighted by atomic mass is 16.5. The Bertz CT molecular complexity index is 984. The Labute approximate surface area is 145 Å². The number of allylic oxidation sites excluding steroid dienone is 2. The van der Waals surface area contributed by atoms with E-state index in [2.05, 4.69) is 4.98 Å². The molecule has 0 radical (unpaired) electrons. The third-order valence-corrected chi connectivity index (χ3v) is 3.86. The number of para-hydroxylation sites is 2. The van der Waals surface area contributed by atoms with Crippen molar-refractivity contribution in [2.24, 2.45) is 7.05 Å². The van der Waals surface area contributed by atoms with E-state index < -0.39 is 0 Å². The smallest absolute Gasteiger partial charge is 0.178 e. The number of phenols is 1. The predicted molar refractivity (Wildman–Crippen MR) is 98.4 cm³/mol. The van der Waals surface area contributed by atoms with Gasteiger partial charge in [-0.05, 0) is 48.1 Å². The van der Waals surface area contributed by atoms with Gasteiger partial charge in [0, 0.05) is 7.05 Å². The SMILES string of the molecule is COc1ccc(/C=C/C(=O)/C=C/c2nc3ccccc3n2C)cc1O. The van der Waals surface area contributed by atoms with Crippen molar-refractivity contribution in [1.29, 1.82) is 0 Å². The zero-order valence-corrected chi connectivity index (χ0v) is 14.0. The normalized spacial score (nSPS) is 11.6. The van der Waals surface area contributed by atoms with Crippen LogP contribution in [-0.4, -0.2) is 27.6 Å². The molecule has 1 heterocycles. The second-order valence-electron chi connectivity index (χ2n) is 5.52. The molecule has 25 heavy (non-hydrogen) atoms. The summed E-state index contributed by atoms with van der Waals surface area (Å²) in [6, 6.07) is 12.8. The minimum Gasteiger partial charge on any atom is -0.504 e. The van der Waals surface area contributed by atoms with Crippen molar-refractivity contribution in [1.82, 2.24) is 9.55 Å². The molecule has 0 aliphatic heterocycles. The fourth-order valence-electron chi connectivity index (χ4n) is 2.51. The molecule has 3 aromatic rings. The van der Waals surface area contributed by atoms with Crippen molar-refractivity contribution in [3.05, 3.63) is 66.0 Å². The Morgan fingerprint density at radius 1 is 1.16 bits per heavy atom. The second-order valence-corrected chi connectivity index (χ2v) is 5.52. The number of imidazole rings is 1. The number of benzene rings is 2. The highest BCUT2D eigenvalue weighted by molar-refractivity contribution is 6.04. The van der Waals surface area contributed by atoms with Crippen molar-refractivity contribution in [2.45, 2.75) is 0 Å². The van der Waals surface area contributed by atoms with Gasteiger partial charge in [0.25, 0.3) is 0 Å². The Morgan fingerprint density at radius 2 is 1.92 bits per heavy atom. The number of carbonyl (C=O) groups excluding carboxylic acids is 1. The van der Waals surface area contributed by atoms with Crippen LogP contribution in [0.5, 0.6) is 11.5 Å². The summed E-state index contributed by atoms with van der Waals surface area (Å²) in [6.45, 7) is 0. The maximum absolute atomic E-state index is 12.0. The molecule has 2 aromatic carbocycles. The van der Waals surface area contributed by atoms with Gasteiger partial charge in [0.1, 0.15) is 5.82 Å². The van der Waals surface area contributed by atoms with Gasteiger partial charge in [-0.1, -0.05) is 24.3 Å². The van der Waals surface area contributed by atoms with Crippen molar-refractivity contribution in [3.63, 3.8) is 0 Å². The lowest BCUT2D eigenvalue weighted by Crippen LogP contribution is -1.92. The Balaban J connectivity index is 1.74. The zero-order valence-electron chi connectivity index (χ0n) is 14.0. The van der Waals surface area contributed by atoms with E-state index in [0.717, 1.165) is 11.0 Å². The van der Waals surface area contributed by atoms with Crippen LogP contribution in [0.4, 0.5) is 0 Å². The van der Waals surface area contributed by atoms with Gasteiger partial charge >= 0.3 is 0 Å². The van der Waals surface area contributed by atoms with E-state index in [1.54, 1.807) is 24.3 Å². The Kier molecular flexibility index (Phi) is 4.66. The molecule has 0 aliphatic rings. The zero-order chi connectivity index (χ0) is 17.8. The summed E-state index contributed by atoms with van der Waals surface area (Å²) in [4.78, 5) is 16.5. The van der Waals surface area contributed by atoms with Gasteiger partial charge in [0.05, 0.1) is 18.1 Å². The number of hydrogen-bond donors (Lipinski definition) is 1. The number of aromatic hydroxyl groups is 1. The first-order valence-corrected chi connectivity index (χ1v) is 7.77. The number of nitrogens with zero attached hydrogens (tertiary/aromatic N) is 2. The third kappa shape index (κ3) is 3.61. The van der Waals surface area contributed by atoms with E-state index in [9.17, 15) is 9.90 Å². The molecule has 0 saturated heterocycles. The number of carbonyl (C=O) groups is 1. The van der Waals surface area contributed by atoms with E-state index in [-0.39, 0.29) is 11.5 Å². The van der Waals surface area contributed by atoms with Gasteiger partial charge < -0.3 is 14.4 Å². The van der Waals surface area contributed by atoms with Crippen molar-refractivity contribution in [2.75, 3.05) is 7.11 Å². The maximum Gasteiger partial charge on any atom is 0.178 e. The first kappa shape index (κ1) is 16.5. The summed E-state index contributed by atoms with van der Waals surface area (Å²) in [5, 5.41) is 9.74. The molecule has 0 fully saturated rings. The van der Waals surface area contributed by atoms with Crippen LogP contribution in [0.25, 0.3) is 23.2 Å². The molecule has 126 valence electrons. The molecule has 1 N–H and O–H groups in total. The van der Waals surface area contributed by atoms with Crippen molar-refractivity contribution in [3.8, 4) is 11.5 Å². The minimum absolute atomic E-state index is 0.0346. The summed E-state index contributed by atoms with van der Waals surface area (Å²) in [5.41, 5.74) is 2.61. The monoisotopic (exact) mass is 334 g/mol. The minimum atomic E-state index is -0.164. The second kappa shape index (κ2) is 7.05. The number of aryl methyl sites for hydroxylation is 1. The first-order valence-electron chi connectivity index (χ1n) is 7.77. The molecule has 1 aromatic heterocycles. The molecular weight excluding hydrogens is 316 g/mol. The average Bonchev–Trinajstić information content (AvgIpc) is 2.94. The largest absolute Gasteiger partial charge is 0.504 e. The van der Waals surface area contributed by atoms with E-state index in [4.69, 9.17) is 4.74 Å². The van der Waals surface area contributed by atoms with Gasteiger partial charge in [0.15, 0.2) is 17.3 Å². The van der Waals surface area contributed by atoms with Crippen LogP contribution in [0.3, 0.4) is 0 Å². The molecule has 0 atom stereocenters. The number of ketones is 1. The lowest BCUT2D eigenvalue weighted by Gasteiger charge is -2.02. The van der Waals surface area contributed by atoms with Crippen LogP contribution in [0, 0.1) is 0 Å². The molecule has 0 unspecified atom stereocenters. The molecule has 0 spiro atoms. The summed E-state index contributed by atoms with van der Waals surface area (Å²) in [6.07, 6.45) is 6.25. The average molecular weight is 334 g/mol. The first-order chi connectivity index (χ1) is 12.1. The predicted octanol–water partition coefficient (Wildman–Crippen LogP) is 3.58. The summed E-state index contributed by atoms with van der Waals surface area (Å²) in [7, 11) is 3.40. The summed E-state index contributed by atoms with van der Waals surface area (Å²) < 4.78 is 6.92. The Morgan fingerprint density at radius 3 is 2.64 bits per heavy atom. The lowest BCUT2D eigenvalue weighted by atomic mass is 10.1. The number of ether oxygens (including phenoxy) is 1. The molecule has 0 bridgehead atoms.